The van der Waals surface area contributed by atoms with Crippen molar-refractivity contribution in [1.82, 2.24) is 4.57 Å². The van der Waals surface area contributed by atoms with Gasteiger partial charge in [-0.3, -0.25) is 4.90 Å². The molecule has 0 bridgehead atoms. The Kier molecular flexibility index (Phi) is 5.63. The molecule has 0 fully saturated rings. The Morgan fingerprint density at radius 2 is 1.20 bits per heavy atom. The van der Waals surface area contributed by atoms with Gasteiger partial charge in [-0.05, 0) is 111 Å². The molecule has 0 amide bonds. The van der Waals surface area contributed by atoms with Gasteiger partial charge in [0.2, 0.25) is 0 Å². The Labute approximate surface area is 290 Å². The lowest BCUT2D eigenvalue weighted by Gasteiger charge is -2.43. The van der Waals surface area contributed by atoms with E-state index in [-0.39, 0.29) is 18.3 Å². The molecule has 9 aromatic rings. The van der Waals surface area contributed by atoms with Gasteiger partial charge in [0.05, 0.1) is 0 Å². The van der Waals surface area contributed by atoms with Gasteiger partial charge in [-0.2, -0.15) is 0 Å². The van der Waals surface area contributed by atoms with Gasteiger partial charge in [0, 0.05) is 55.8 Å². The summed E-state index contributed by atoms with van der Waals surface area (Å²) in [6.45, 7) is -0.0921. The van der Waals surface area contributed by atoms with Gasteiger partial charge >= 0.3 is 0 Å². The quantitative estimate of drug-likeness (QED) is 0.170. The van der Waals surface area contributed by atoms with E-state index in [0.717, 1.165) is 39.8 Å². The van der Waals surface area contributed by atoms with Gasteiger partial charge in [-0.25, -0.2) is 8.78 Å². The molecule has 2 aliphatic heterocycles. The molecule has 0 atom stereocenters. The van der Waals surface area contributed by atoms with Crippen LogP contribution in [0, 0.1) is 11.6 Å². The molecule has 50 heavy (non-hydrogen) atoms. The number of hydrogen-bond donors (Lipinski definition) is 0. The van der Waals surface area contributed by atoms with E-state index in [0.29, 0.717) is 0 Å². The van der Waals surface area contributed by atoms with Crippen molar-refractivity contribution in [2.75, 3.05) is 9.80 Å². The van der Waals surface area contributed by atoms with Crippen LogP contribution in [0.3, 0.4) is 0 Å². The van der Waals surface area contributed by atoms with E-state index in [2.05, 4.69) is 112 Å². The minimum Gasteiger partial charge on any atom is -0.330 e. The van der Waals surface area contributed by atoms with Gasteiger partial charge in [0.25, 0.3) is 6.71 Å². The van der Waals surface area contributed by atoms with E-state index in [1.165, 1.54) is 77.0 Å². The van der Waals surface area contributed by atoms with Crippen LogP contribution in [0.4, 0.5) is 43.0 Å². The molecule has 0 N–H and O–H groups in total. The van der Waals surface area contributed by atoms with Crippen LogP contribution in [-0.4, -0.2) is 11.3 Å². The number of rotatable bonds is 2. The van der Waals surface area contributed by atoms with Crippen molar-refractivity contribution in [2.45, 2.75) is 0 Å². The summed E-state index contributed by atoms with van der Waals surface area (Å²) in [7, 11) is 2.13. The van der Waals surface area contributed by atoms with Crippen molar-refractivity contribution in [3.63, 3.8) is 0 Å². The highest BCUT2D eigenvalue weighted by Gasteiger charge is 2.46. The van der Waals surface area contributed by atoms with Gasteiger partial charge in [-0.15, -0.1) is 11.3 Å². The zero-order valence-electron chi connectivity index (χ0n) is 26.9. The highest BCUT2D eigenvalue weighted by atomic mass is 32.1. The standard InChI is InChI=1S/C43H26BF2N3S/c1-47-35-10-5-4-9-32(35)40-43(47)49(29-20-16-27(46)17-21-29)37-12-6-11-36-41(37)44(40)34-23-33-31-22-13-25-7-2-3-8-30(25)42(31)50-39(33)24-38(34)48(36)28-18-14-26(45)15-19-28/h2-24H,1H3. The second-order valence-electron chi connectivity index (χ2n) is 13.3. The van der Waals surface area contributed by atoms with Crippen molar-refractivity contribution in [1.29, 1.82) is 0 Å². The average Bonchev–Trinajstić information content (AvgIpc) is 3.66. The fraction of sp³-hybridized carbons (Fsp3) is 0.0233. The summed E-state index contributed by atoms with van der Waals surface area (Å²) in [5, 5.41) is 6.16. The first-order valence-electron chi connectivity index (χ1n) is 16.7. The summed E-state index contributed by atoms with van der Waals surface area (Å²) >= 11 is 1.83. The third-order valence-corrected chi connectivity index (χ3v) is 11.9. The first kappa shape index (κ1) is 28.0. The lowest BCUT2D eigenvalue weighted by molar-refractivity contribution is 0.627. The summed E-state index contributed by atoms with van der Waals surface area (Å²) in [5.74, 6) is 0.524. The predicted octanol–water partition coefficient (Wildman–Crippen LogP) is 10.1. The largest absolute Gasteiger partial charge is 0.330 e. The molecular weight excluding hydrogens is 639 g/mol. The first-order chi connectivity index (χ1) is 24.5. The number of thiophene rings is 1. The monoisotopic (exact) mass is 665 g/mol. The van der Waals surface area contributed by atoms with E-state index in [1.54, 1.807) is 0 Å². The van der Waals surface area contributed by atoms with Gasteiger partial charge in [0.1, 0.15) is 17.5 Å². The van der Waals surface area contributed by atoms with Crippen molar-refractivity contribution in [2.24, 2.45) is 7.05 Å². The van der Waals surface area contributed by atoms with Gasteiger partial charge in [-0.1, -0.05) is 66.7 Å². The molecule has 0 saturated carbocycles. The van der Waals surface area contributed by atoms with Crippen LogP contribution in [-0.2, 0) is 7.05 Å². The third kappa shape index (κ3) is 3.67. The zero-order valence-corrected chi connectivity index (χ0v) is 27.7. The number of benzene rings is 7. The van der Waals surface area contributed by atoms with Crippen LogP contribution >= 0.6 is 11.3 Å². The predicted molar refractivity (Wildman–Crippen MR) is 207 cm³/mol. The van der Waals surface area contributed by atoms with Crippen LogP contribution in [0.5, 0.6) is 0 Å². The molecule has 0 radical (unpaired) electrons. The third-order valence-electron chi connectivity index (χ3n) is 10.7. The molecule has 0 saturated heterocycles. The SMILES string of the molecule is Cn1c2c(c3ccccc31)B1c3cc4c(cc3N(c3ccc(F)cc3)c3cccc(c31)N2c1ccc(F)cc1)sc1c2ccccc2ccc41. The Morgan fingerprint density at radius 1 is 0.540 bits per heavy atom. The number of hydrogen-bond acceptors (Lipinski definition) is 3. The highest BCUT2D eigenvalue weighted by molar-refractivity contribution is 7.26. The summed E-state index contributed by atoms with van der Waals surface area (Å²) in [6.07, 6.45) is 0. The van der Waals surface area contributed by atoms with Crippen molar-refractivity contribution < 1.29 is 8.78 Å². The van der Waals surface area contributed by atoms with Crippen LogP contribution in [0.2, 0.25) is 0 Å². The molecule has 11 rings (SSSR count). The summed E-state index contributed by atoms with van der Waals surface area (Å²) in [6, 6.07) is 46.5. The number of fused-ring (bicyclic) bond motifs is 11. The van der Waals surface area contributed by atoms with E-state index in [1.807, 2.05) is 35.6 Å². The number of aryl methyl sites for hydroxylation is 1. The van der Waals surface area contributed by atoms with Crippen LogP contribution in [0.1, 0.15) is 0 Å². The topological polar surface area (TPSA) is 11.4 Å². The molecule has 7 aromatic carbocycles. The normalized spacial score (nSPS) is 13.4. The highest BCUT2D eigenvalue weighted by Crippen LogP contribution is 2.47. The molecule has 2 aliphatic rings. The molecule has 2 aromatic heterocycles. The van der Waals surface area contributed by atoms with E-state index in [9.17, 15) is 8.78 Å². The van der Waals surface area contributed by atoms with E-state index in [4.69, 9.17) is 0 Å². The fourth-order valence-corrected chi connectivity index (χ4v) is 9.84. The zero-order chi connectivity index (χ0) is 33.2. The van der Waals surface area contributed by atoms with Crippen LogP contribution in [0.25, 0.3) is 41.8 Å². The Balaban J connectivity index is 1.30. The van der Waals surface area contributed by atoms with Gasteiger partial charge < -0.3 is 9.47 Å². The molecule has 0 spiro atoms. The molecule has 236 valence electrons. The summed E-state index contributed by atoms with van der Waals surface area (Å²) < 4.78 is 33.5. The van der Waals surface area contributed by atoms with Crippen molar-refractivity contribution in [3.05, 3.63) is 151 Å². The Hall–Kier alpha value is -5.92. The fourth-order valence-electron chi connectivity index (χ4n) is 8.59. The maximum Gasteiger partial charge on any atom is 0.255 e. The molecule has 7 heteroatoms. The molecule has 3 nitrogen and oxygen atoms in total. The Bertz CT molecular complexity index is 2880. The minimum absolute atomic E-state index is 0.0921. The number of aromatic nitrogens is 1. The first-order valence-corrected chi connectivity index (χ1v) is 17.6. The minimum atomic E-state index is -0.271. The average molecular weight is 666 g/mol. The van der Waals surface area contributed by atoms with Crippen LogP contribution < -0.4 is 26.2 Å². The molecule has 0 unspecified atom stereocenters. The molecule has 4 heterocycles. The van der Waals surface area contributed by atoms with Gasteiger partial charge in [0.15, 0.2) is 0 Å². The smallest absolute Gasteiger partial charge is 0.255 e. The molecular formula is C43H26BF2N3S. The maximum atomic E-state index is 14.4. The molecule has 0 aliphatic carbocycles. The summed E-state index contributed by atoms with van der Waals surface area (Å²) in [5.41, 5.74) is 9.67. The maximum absolute atomic E-state index is 14.4. The number of para-hydroxylation sites is 1. The lowest BCUT2D eigenvalue weighted by atomic mass is 9.33. The number of anilines is 6. The Morgan fingerprint density at radius 3 is 1.96 bits per heavy atom. The second-order valence-corrected chi connectivity index (χ2v) is 14.3. The van der Waals surface area contributed by atoms with E-state index >= 15 is 0 Å². The lowest BCUT2D eigenvalue weighted by Crippen LogP contribution is -2.61. The number of halogens is 2. The second kappa shape index (κ2) is 10.1. The van der Waals surface area contributed by atoms with Crippen molar-refractivity contribution >= 4 is 111 Å². The van der Waals surface area contributed by atoms with Crippen LogP contribution in [0.15, 0.2) is 140 Å². The summed E-state index contributed by atoms with van der Waals surface area (Å²) in [4.78, 5) is 4.58. The number of nitrogens with zero attached hydrogens (tertiary/aromatic N) is 3. The van der Waals surface area contributed by atoms with Crippen molar-refractivity contribution in [3.8, 4) is 0 Å². The van der Waals surface area contributed by atoms with E-state index < -0.39 is 0 Å².